The van der Waals surface area contributed by atoms with Crippen LogP contribution in [0.3, 0.4) is 0 Å². The van der Waals surface area contributed by atoms with E-state index in [2.05, 4.69) is 21.0 Å². The molecular formula is C19H20N4O. The van der Waals surface area contributed by atoms with E-state index < -0.39 is 0 Å². The van der Waals surface area contributed by atoms with E-state index in [0.717, 1.165) is 39.0 Å². The summed E-state index contributed by atoms with van der Waals surface area (Å²) >= 11 is 0. The van der Waals surface area contributed by atoms with Gasteiger partial charge in [-0.2, -0.15) is 0 Å². The van der Waals surface area contributed by atoms with E-state index in [-0.39, 0.29) is 0 Å². The van der Waals surface area contributed by atoms with Gasteiger partial charge < -0.3 is 15.5 Å². The Labute approximate surface area is 140 Å². The van der Waals surface area contributed by atoms with Crippen molar-refractivity contribution in [2.45, 2.75) is 6.92 Å². The minimum Gasteiger partial charge on any atom is -0.497 e. The monoisotopic (exact) mass is 320 g/mol. The number of nitrogens with two attached hydrogens (primary N) is 1. The summed E-state index contributed by atoms with van der Waals surface area (Å²) in [5, 5.41) is 1.04. The number of H-pyrrole nitrogens is 1. The van der Waals surface area contributed by atoms with E-state index >= 15 is 0 Å². The zero-order valence-electron chi connectivity index (χ0n) is 13.8. The number of pyridine rings is 1. The first kappa shape index (κ1) is 15.8. The Morgan fingerprint density at radius 1 is 1.33 bits per heavy atom. The molecule has 3 rings (SSSR count). The molecule has 3 aromatic rings. The molecule has 0 aliphatic heterocycles. The molecule has 24 heavy (non-hydrogen) atoms. The molecule has 0 radical (unpaired) electrons. The van der Waals surface area contributed by atoms with E-state index in [1.807, 2.05) is 37.4 Å². The second-order valence-electron chi connectivity index (χ2n) is 5.30. The summed E-state index contributed by atoms with van der Waals surface area (Å²) in [7, 11) is 1.66. The summed E-state index contributed by atoms with van der Waals surface area (Å²) in [6.07, 6.45) is 7.11. The molecule has 0 atom stereocenters. The molecule has 0 aliphatic carbocycles. The van der Waals surface area contributed by atoms with Gasteiger partial charge in [-0.25, -0.2) is 4.98 Å². The van der Waals surface area contributed by atoms with Gasteiger partial charge in [0.2, 0.25) is 0 Å². The molecule has 5 heteroatoms. The van der Waals surface area contributed by atoms with Gasteiger partial charge in [-0.1, -0.05) is 12.1 Å². The Bertz CT molecular complexity index is 891. The lowest BCUT2D eigenvalue weighted by molar-refractivity contribution is 0.415. The molecule has 0 bridgehead atoms. The van der Waals surface area contributed by atoms with Crippen molar-refractivity contribution in [3.05, 3.63) is 54.5 Å². The first-order chi connectivity index (χ1) is 11.8. The molecule has 0 saturated heterocycles. The summed E-state index contributed by atoms with van der Waals surface area (Å²) in [4.78, 5) is 12.0. The summed E-state index contributed by atoms with van der Waals surface area (Å²) in [5.41, 5.74) is 10.6. The molecule has 0 amide bonds. The van der Waals surface area contributed by atoms with Crippen LogP contribution in [0.4, 0.5) is 0 Å². The molecule has 2 heterocycles. The standard InChI is InChI=1S/C19H20N4O/c1-3-21-10-15(9-20)14-8-17-18(12-23-19(17)22-11-14)13-4-6-16(24-2)7-5-13/h4-12H,3,20H2,1-2H3,(H,22,23). The van der Waals surface area contributed by atoms with Gasteiger partial charge in [0, 0.05) is 53.4 Å². The fraction of sp³-hybridized carbons (Fsp3) is 0.158. The number of benzene rings is 1. The van der Waals surface area contributed by atoms with Gasteiger partial charge in [0.25, 0.3) is 0 Å². The van der Waals surface area contributed by atoms with Crippen molar-refractivity contribution in [1.82, 2.24) is 9.97 Å². The Hall–Kier alpha value is -3.08. The number of hydrogen-bond acceptors (Lipinski definition) is 4. The van der Waals surface area contributed by atoms with E-state index in [0.29, 0.717) is 6.54 Å². The number of aromatic amines is 1. The third-order valence-corrected chi connectivity index (χ3v) is 3.86. The highest BCUT2D eigenvalue weighted by Crippen LogP contribution is 2.30. The summed E-state index contributed by atoms with van der Waals surface area (Å²) < 4.78 is 5.22. The number of aliphatic imine (C=N–C) groups is 1. The second kappa shape index (κ2) is 7.00. The molecule has 5 nitrogen and oxygen atoms in total. The molecular weight excluding hydrogens is 300 g/mol. The van der Waals surface area contributed by atoms with Gasteiger partial charge in [-0.3, -0.25) is 4.99 Å². The second-order valence-corrected chi connectivity index (χ2v) is 5.30. The molecule has 122 valence electrons. The number of rotatable bonds is 5. The van der Waals surface area contributed by atoms with Gasteiger partial charge in [0.1, 0.15) is 11.4 Å². The molecule has 1 aromatic carbocycles. The first-order valence-corrected chi connectivity index (χ1v) is 7.80. The average molecular weight is 320 g/mol. The minimum atomic E-state index is 0.717. The smallest absolute Gasteiger partial charge is 0.137 e. The van der Waals surface area contributed by atoms with Crippen LogP contribution in [0.1, 0.15) is 12.5 Å². The number of allylic oxidation sites excluding steroid dienone is 1. The van der Waals surface area contributed by atoms with E-state index in [1.54, 1.807) is 25.7 Å². The van der Waals surface area contributed by atoms with E-state index in [4.69, 9.17) is 10.5 Å². The lowest BCUT2D eigenvalue weighted by Gasteiger charge is -2.04. The van der Waals surface area contributed by atoms with Crippen LogP contribution in [0.5, 0.6) is 5.75 Å². The Morgan fingerprint density at radius 3 is 2.79 bits per heavy atom. The number of nitrogens with one attached hydrogen (secondary N) is 1. The minimum absolute atomic E-state index is 0.717. The topological polar surface area (TPSA) is 76.3 Å². The largest absolute Gasteiger partial charge is 0.497 e. The first-order valence-electron chi connectivity index (χ1n) is 7.80. The van der Waals surface area contributed by atoms with Crippen molar-refractivity contribution in [1.29, 1.82) is 0 Å². The van der Waals surface area contributed by atoms with Crippen molar-refractivity contribution in [2.75, 3.05) is 13.7 Å². The average Bonchev–Trinajstić information content (AvgIpc) is 3.06. The third kappa shape index (κ3) is 3.01. The van der Waals surface area contributed by atoms with Gasteiger partial charge in [-0.15, -0.1) is 0 Å². The number of nitrogens with zero attached hydrogens (tertiary/aromatic N) is 2. The molecule has 2 aromatic heterocycles. The number of fused-ring (bicyclic) bond motifs is 1. The highest BCUT2D eigenvalue weighted by atomic mass is 16.5. The van der Waals surface area contributed by atoms with Crippen LogP contribution < -0.4 is 10.5 Å². The third-order valence-electron chi connectivity index (χ3n) is 3.86. The van der Waals surface area contributed by atoms with Crippen molar-refractivity contribution in [2.24, 2.45) is 10.7 Å². The van der Waals surface area contributed by atoms with E-state index in [9.17, 15) is 0 Å². The van der Waals surface area contributed by atoms with Crippen LogP contribution in [-0.2, 0) is 0 Å². The van der Waals surface area contributed by atoms with Gasteiger partial charge in [0.15, 0.2) is 0 Å². The van der Waals surface area contributed by atoms with Crippen LogP contribution in [-0.4, -0.2) is 29.8 Å². The van der Waals surface area contributed by atoms with Crippen LogP contribution in [0.25, 0.3) is 27.7 Å². The zero-order valence-corrected chi connectivity index (χ0v) is 13.8. The molecule has 0 saturated carbocycles. The predicted molar refractivity (Wildman–Crippen MR) is 99.3 cm³/mol. The maximum atomic E-state index is 5.74. The molecule has 0 fully saturated rings. The maximum Gasteiger partial charge on any atom is 0.137 e. The molecule has 3 N–H and O–H groups in total. The van der Waals surface area contributed by atoms with Gasteiger partial charge in [0.05, 0.1) is 7.11 Å². The summed E-state index contributed by atoms with van der Waals surface area (Å²) in [6.45, 7) is 2.70. The lowest BCUT2D eigenvalue weighted by Crippen LogP contribution is -1.93. The molecule has 0 unspecified atom stereocenters. The van der Waals surface area contributed by atoms with Crippen LogP contribution in [0.2, 0.25) is 0 Å². The lowest BCUT2D eigenvalue weighted by atomic mass is 10.0. The number of ether oxygens (including phenoxy) is 1. The van der Waals surface area contributed by atoms with Crippen molar-refractivity contribution in [3.8, 4) is 16.9 Å². The highest BCUT2D eigenvalue weighted by molar-refractivity contribution is 6.10. The Kier molecular flexibility index (Phi) is 4.61. The zero-order chi connectivity index (χ0) is 16.9. The van der Waals surface area contributed by atoms with Gasteiger partial charge >= 0.3 is 0 Å². The fourth-order valence-electron chi connectivity index (χ4n) is 2.57. The quantitative estimate of drug-likeness (QED) is 0.705. The summed E-state index contributed by atoms with van der Waals surface area (Å²) in [5.74, 6) is 0.835. The number of aromatic nitrogens is 2. The van der Waals surface area contributed by atoms with Crippen molar-refractivity contribution >= 4 is 22.8 Å². The predicted octanol–water partition coefficient (Wildman–Crippen LogP) is 3.63. The Balaban J connectivity index is 2.06. The fourth-order valence-corrected chi connectivity index (χ4v) is 2.57. The van der Waals surface area contributed by atoms with E-state index in [1.165, 1.54) is 0 Å². The number of hydrogen-bond donors (Lipinski definition) is 2. The SMILES string of the molecule is CCN=CC(=CN)c1cnc2[nH]cc(-c3ccc(OC)cc3)c2c1. The molecule has 0 aliphatic rings. The molecule has 0 spiro atoms. The van der Waals surface area contributed by atoms with Crippen LogP contribution >= 0.6 is 0 Å². The van der Waals surface area contributed by atoms with Crippen LogP contribution in [0.15, 0.2) is 53.9 Å². The normalized spacial score (nSPS) is 12.2. The highest BCUT2D eigenvalue weighted by Gasteiger charge is 2.09. The maximum absolute atomic E-state index is 5.74. The Morgan fingerprint density at radius 2 is 2.12 bits per heavy atom. The van der Waals surface area contributed by atoms with Crippen molar-refractivity contribution in [3.63, 3.8) is 0 Å². The van der Waals surface area contributed by atoms with Crippen LogP contribution in [0, 0.1) is 0 Å². The summed E-state index contributed by atoms with van der Waals surface area (Å²) in [6, 6.07) is 10.0. The number of methoxy groups -OCH3 is 1. The van der Waals surface area contributed by atoms with Crippen molar-refractivity contribution < 1.29 is 4.74 Å². The van der Waals surface area contributed by atoms with Gasteiger partial charge in [-0.05, 0) is 30.7 Å².